The first-order valence-electron chi connectivity index (χ1n) is 22.5. The summed E-state index contributed by atoms with van der Waals surface area (Å²) in [7, 11) is 0. The minimum atomic E-state index is -0.892. The number of aliphatic hydroxyl groups is 1. The molecule has 3 amide bonds. The first-order valence-corrected chi connectivity index (χ1v) is 23.4. The second kappa shape index (κ2) is 18.0. The van der Waals surface area contributed by atoms with E-state index in [1.165, 1.54) is 4.90 Å². The molecule has 16 heteroatoms. The van der Waals surface area contributed by atoms with Crippen LogP contribution >= 0.6 is 11.3 Å². The van der Waals surface area contributed by atoms with Crippen molar-refractivity contribution in [1.29, 1.82) is 0 Å². The summed E-state index contributed by atoms with van der Waals surface area (Å²) >= 11 is 1.58. The number of aromatic amines is 1. The normalized spacial score (nSPS) is 20.9. The van der Waals surface area contributed by atoms with E-state index >= 15 is 0 Å². The zero-order valence-electron chi connectivity index (χ0n) is 37.4. The maximum atomic E-state index is 14.3. The van der Waals surface area contributed by atoms with Crippen LogP contribution in [0.2, 0.25) is 0 Å². The number of benzene rings is 2. The average molecular weight is 897 g/mol. The number of nitrogens with zero attached hydrogens (tertiary/aromatic N) is 7. The number of aliphatic hydroxyl groups excluding tert-OH is 1. The molecule has 0 radical (unpaired) electrons. The van der Waals surface area contributed by atoms with E-state index in [9.17, 15) is 24.6 Å². The molecule has 15 nitrogen and oxygen atoms in total. The highest BCUT2D eigenvalue weighted by Crippen LogP contribution is 2.38. The molecule has 0 spiro atoms. The molecule has 3 aliphatic rings. The SMILES string of the molecule is Cc1ncsc1-c1ccc([C@H](C)NC(=O)[C@@H]2C[C@@H](O)CN2C(=O)[C@@H](NC(=O)[C@H]2CC[C@@H](c3cnc(N4CCc5[nH]c6nnc(-c7ccccc7O)cc6c5C4)nc3)CC2)C(C)(C)C)cc1. The van der Waals surface area contributed by atoms with Crippen LogP contribution in [0.25, 0.3) is 32.7 Å². The summed E-state index contributed by atoms with van der Waals surface area (Å²) in [4.78, 5) is 64.2. The molecule has 338 valence electrons. The number of H-pyrrole nitrogens is 1. The molecule has 6 aromatic rings. The topological polar surface area (TPSA) is 202 Å². The number of nitrogens with one attached hydrogen (secondary N) is 3. The number of likely N-dealkylation sites (tertiary alicyclic amines) is 1. The van der Waals surface area contributed by atoms with E-state index in [4.69, 9.17) is 9.97 Å². The molecule has 0 unspecified atom stereocenters. The van der Waals surface area contributed by atoms with Crippen molar-refractivity contribution >= 4 is 46.0 Å². The standard InChI is InChI=1S/C49H56N10O5S/c1-27(29-10-14-31(15-11-29)42-28(2)52-26-65-42)53-46(63)40-20-34(60)24-59(40)47(64)43(49(3,4)5)55-45(62)32-16-12-30(13-17-32)33-22-50-48(51-23-33)58-19-18-38-37(25-58)36-21-39(56-57-44(36)54-38)35-8-6-7-9-41(35)61/h6-11,14-15,21-23,26-27,30,32,34,40,43,60-61H,12-13,16-20,24-25H2,1-5H3,(H,53,63)(H,54,57)(H,55,62)/t27-,30-,32+,34+,40-,43+/m0/s1. The molecule has 1 saturated heterocycles. The summed E-state index contributed by atoms with van der Waals surface area (Å²) in [5, 5.41) is 37.1. The number of para-hydroxylation sites is 1. The minimum absolute atomic E-state index is 0.0152. The number of aromatic hydroxyl groups is 1. The Hall–Kier alpha value is -6.26. The summed E-state index contributed by atoms with van der Waals surface area (Å²) in [6.07, 6.45) is 6.73. The van der Waals surface area contributed by atoms with Gasteiger partial charge in [0.1, 0.15) is 17.8 Å². The number of phenols is 1. The highest BCUT2D eigenvalue weighted by molar-refractivity contribution is 7.13. The van der Waals surface area contributed by atoms with Gasteiger partial charge in [-0.05, 0) is 85.8 Å². The fourth-order valence-electron chi connectivity index (χ4n) is 9.67. The van der Waals surface area contributed by atoms with Gasteiger partial charge in [0.15, 0.2) is 5.65 Å². The number of β-amino-alcohol motifs (C(OH)–C–C–N with tert-alkyl or cyclic N) is 1. The molecule has 6 heterocycles. The Bertz CT molecular complexity index is 2700. The predicted molar refractivity (Wildman–Crippen MR) is 249 cm³/mol. The van der Waals surface area contributed by atoms with E-state index in [1.54, 1.807) is 23.5 Å². The number of carbonyl (C=O) groups is 3. The van der Waals surface area contributed by atoms with Crippen molar-refractivity contribution in [3.8, 4) is 27.4 Å². The number of hydrogen-bond acceptors (Lipinski definition) is 12. The zero-order chi connectivity index (χ0) is 45.6. The fourth-order valence-corrected chi connectivity index (χ4v) is 10.5. The smallest absolute Gasteiger partial charge is 0.246 e. The largest absolute Gasteiger partial charge is 0.507 e. The lowest BCUT2D eigenvalue weighted by Gasteiger charge is -2.37. The van der Waals surface area contributed by atoms with Crippen LogP contribution in [-0.2, 0) is 27.3 Å². The van der Waals surface area contributed by atoms with Gasteiger partial charge in [-0.25, -0.2) is 15.0 Å². The summed E-state index contributed by atoms with van der Waals surface area (Å²) in [6, 6.07) is 15.0. The van der Waals surface area contributed by atoms with Crippen LogP contribution in [0.4, 0.5) is 5.95 Å². The Balaban J connectivity index is 0.799. The van der Waals surface area contributed by atoms with Crippen molar-refractivity contribution in [1.82, 2.24) is 45.7 Å². The summed E-state index contributed by atoms with van der Waals surface area (Å²) in [5.41, 5.74) is 9.34. The van der Waals surface area contributed by atoms with Gasteiger partial charge in [0.2, 0.25) is 23.7 Å². The highest BCUT2D eigenvalue weighted by Gasteiger charge is 2.45. The third kappa shape index (κ3) is 9.06. The van der Waals surface area contributed by atoms with Crippen LogP contribution in [0.1, 0.15) is 99.8 Å². The van der Waals surface area contributed by atoms with Crippen molar-refractivity contribution in [2.75, 3.05) is 18.0 Å². The number of carbonyl (C=O) groups excluding carboxylic acids is 3. The summed E-state index contributed by atoms with van der Waals surface area (Å²) in [5.74, 6) is -0.142. The zero-order valence-corrected chi connectivity index (χ0v) is 38.2. The molecular weight excluding hydrogens is 841 g/mol. The van der Waals surface area contributed by atoms with Crippen molar-refractivity contribution in [3.63, 3.8) is 0 Å². The van der Waals surface area contributed by atoms with Gasteiger partial charge in [0.25, 0.3) is 0 Å². The van der Waals surface area contributed by atoms with Crippen LogP contribution in [0.15, 0.2) is 72.5 Å². The number of anilines is 1. The number of phenolic OH excluding ortho intramolecular Hbond substituents is 1. The molecule has 65 heavy (non-hydrogen) atoms. The lowest BCUT2D eigenvalue weighted by Crippen LogP contribution is -2.58. The van der Waals surface area contributed by atoms with Gasteiger partial charge in [0, 0.05) is 73.0 Å². The van der Waals surface area contributed by atoms with Crippen LogP contribution in [0.3, 0.4) is 0 Å². The Morgan fingerprint density at radius 3 is 2.37 bits per heavy atom. The van der Waals surface area contributed by atoms with Crippen molar-refractivity contribution in [2.45, 2.75) is 110 Å². The average Bonchev–Trinajstić information content (AvgIpc) is 4.03. The van der Waals surface area contributed by atoms with Crippen molar-refractivity contribution in [3.05, 3.63) is 101 Å². The lowest BCUT2D eigenvalue weighted by atomic mass is 9.78. The van der Waals surface area contributed by atoms with E-state index < -0.39 is 23.6 Å². The summed E-state index contributed by atoms with van der Waals surface area (Å²) < 4.78 is 0. The highest BCUT2D eigenvalue weighted by atomic mass is 32.1. The number of aromatic nitrogens is 6. The van der Waals surface area contributed by atoms with E-state index in [-0.39, 0.29) is 54.3 Å². The molecule has 2 aromatic carbocycles. The lowest BCUT2D eigenvalue weighted by molar-refractivity contribution is -0.144. The second-order valence-electron chi connectivity index (χ2n) is 19.0. The van der Waals surface area contributed by atoms with Crippen molar-refractivity contribution in [2.24, 2.45) is 11.3 Å². The van der Waals surface area contributed by atoms with E-state index in [2.05, 4.69) is 35.7 Å². The van der Waals surface area contributed by atoms with Gasteiger partial charge >= 0.3 is 0 Å². The van der Waals surface area contributed by atoms with E-state index in [1.807, 2.05) is 95.0 Å². The molecule has 9 rings (SSSR count). The number of rotatable bonds is 10. The van der Waals surface area contributed by atoms with Gasteiger partial charge in [-0.2, -0.15) is 0 Å². The monoisotopic (exact) mass is 896 g/mol. The first-order chi connectivity index (χ1) is 31.2. The molecule has 1 aliphatic carbocycles. The van der Waals surface area contributed by atoms with E-state index in [0.717, 1.165) is 69.7 Å². The Kier molecular flexibility index (Phi) is 12.1. The molecule has 4 aromatic heterocycles. The predicted octanol–water partition coefficient (Wildman–Crippen LogP) is 6.76. The van der Waals surface area contributed by atoms with Gasteiger partial charge < -0.3 is 35.6 Å². The molecule has 2 fully saturated rings. The molecule has 2 aliphatic heterocycles. The number of hydrogen-bond donors (Lipinski definition) is 5. The Morgan fingerprint density at radius 2 is 1.68 bits per heavy atom. The maximum absolute atomic E-state index is 14.3. The number of fused-ring (bicyclic) bond motifs is 3. The molecule has 5 N–H and O–H groups in total. The minimum Gasteiger partial charge on any atom is -0.507 e. The molecular formula is C49H56N10O5S. The van der Waals surface area contributed by atoms with Gasteiger partial charge in [-0.15, -0.1) is 21.5 Å². The molecule has 0 bridgehead atoms. The van der Waals surface area contributed by atoms with Gasteiger partial charge in [-0.3, -0.25) is 14.4 Å². The molecule has 1 saturated carbocycles. The van der Waals surface area contributed by atoms with Gasteiger partial charge in [0.05, 0.1) is 33.9 Å². The first kappa shape index (κ1) is 44.0. The van der Waals surface area contributed by atoms with E-state index in [0.29, 0.717) is 42.2 Å². The van der Waals surface area contributed by atoms with Crippen LogP contribution in [0, 0.1) is 18.3 Å². The van der Waals surface area contributed by atoms with Gasteiger partial charge in [-0.1, -0.05) is 57.2 Å². The number of thiazole rings is 1. The number of aryl methyl sites for hydroxylation is 1. The Labute approximate surface area is 382 Å². The molecule has 4 atom stereocenters. The number of amides is 3. The third-order valence-corrected chi connectivity index (χ3v) is 14.4. The van der Waals surface area contributed by atoms with Crippen LogP contribution in [-0.4, -0.2) is 94.2 Å². The third-order valence-electron chi connectivity index (χ3n) is 13.5. The summed E-state index contributed by atoms with van der Waals surface area (Å²) in [6.45, 7) is 11.0. The van der Waals surface area contributed by atoms with Crippen LogP contribution in [0.5, 0.6) is 5.75 Å². The quantitative estimate of drug-likeness (QED) is 0.0973. The fraction of sp³-hybridized carbons (Fsp3) is 0.429. The maximum Gasteiger partial charge on any atom is 0.246 e. The van der Waals surface area contributed by atoms with Crippen LogP contribution < -0.4 is 15.5 Å². The van der Waals surface area contributed by atoms with Crippen molar-refractivity contribution < 1.29 is 24.6 Å². The Morgan fingerprint density at radius 1 is 0.938 bits per heavy atom. The second-order valence-corrected chi connectivity index (χ2v) is 19.8.